The van der Waals surface area contributed by atoms with Gasteiger partial charge in [-0.05, 0) is 45.7 Å². The van der Waals surface area contributed by atoms with Crippen molar-refractivity contribution in [3.05, 3.63) is 27.9 Å². The third-order valence-corrected chi connectivity index (χ3v) is 4.29. The molecule has 20 heavy (non-hydrogen) atoms. The summed E-state index contributed by atoms with van der Waals surface area (Å²) in [7, 11) is 1.74. The zero-order chi connectivity index (χ0) is 14.5. The highest BCUT2D eigenvalue weighted by Gasteiger charge is 2.19. The van der Waals surface area contributed by atoms with Crippen molar-refractivity contribution in [1.29, 1.82) is 0 Å². The zero-order valence-corrected chi connectivity index (χ0v) is 12.8. The minimum absolute atomic E-state index is 0.110. The van der Waals surface area contributed by atoms with Gasteiger partial charge in [0.05, 0.1) is 12.9 Å². The molecule has 1 aliphatic rings. The molecule has 0 amide bonds. The first-order valence-corrected chi connectivity index (χ1v) is 7.35. The number of methoxy groups -OCH3 is 1. The van der Waals surface area contributed by atoms with Crippen molar-refractivity contribution in [1.82, 2.24) is 14.5 Å². The van der Waals surface area contributed by atoms with Crippen LogP contribution in [0.4, 0.5) is 0 Å². The van der Waals surface area contributed by atoms with Gasteiger partial charge in [-0.3, -0.25) is 9.36 Å². The number of rotatable bonds is 5. The predicted octanol–water partition coefficient (Wildman–Crippen LogP) is 1.22. The van der Waals surface area contributed by atoms with E-state index in [-0.39, 0.29) is 5.56 Å². The van der Waals surface area contributed by atoms with Crippen LogP contribution in [0.3, 0.4) is 0 Å². The maximum absolute atomic E-state index is 12.2. The zero-order valence-electron chi connectivity index (χ0n) is 12.8. The molecule has 2 rings (SSSR count). The molecule has 1 aliphatic heterocycles. The van der Waals surface area contributed by atoms with Crippen LogP contribution in [0.1, 0.15) is 24.1 Å². The van der Waals surface area contributed by atoms with Crippen LogP contribution < -0.4 is 5.56 Å². The van der Waals surface area contributed by atoms with E-state index in [9.17, 15) is 4.79 Å². The molecule has 5 nitrogen and oxygen atoms in total. The molecule has 0 bridgehead atoms. The summed E-state index contributed by atoms with van der Waals surface area (Å²) >= 11 is 0. The Labute approximate surface area is 120 Å². The number of hydrogen-bond acceptors (Lipinski definition) is 4. The molecule has 0 aromatic carbocycles. The fraction of sp³-hybridized carbons (Fsp3) is 0.733. The fourth-order valence-electron chi connectivity index (χ4n) is 2.70. The Bertz CT molecular complexity index is 490. The Balaban J connectivity index is 1.90. The third-order valence-electron chi connectivity index (χ3n) is 4.29. The van der Waals surface area contributed by atoms with Gasteiger partial charge >= 0.3 is 0 Å². The minimum Gasteiger partial charge on any atom is -0.383 e. The molecule has 5 heteroatoms. The van der Waals surface area contributed by atoms with Gasteiger partial charge in [-0.1, -0.05) is 0 Å². The van der Waals surface area contributed by atoms with E-state index in [1.807, 2.05) is 13.8 Å². The van der Waals surface area contributed by atoms with Gasteiger partial charge in [0.15, 0.2) is 0 Å². The van der Waals surface area contributed by atoms with Gasteiger partial charge in [-0.15, -0.1) is 0 Å². The number of ether oxygens (including phenoxy) is 1. The highest BCUT2D eigenvalue weighted by atomic mass is 16.5. The number of hydrogen-bond donors (Lipinski definition) is 0. The second-order valence-electron chi connectivity index (χ2n) is 5.69. The van der Waals surface area contributed by atoms with Gasteiger partial charge < -0.3 is 9.64 Å². The van der Waals surface area contributed by atoms with E-state index in [0.717, 1.165) is 56.9 Å². The second-order valence-corrected chi connectivity index (χ2v) is 5.69. The first-order chi connectivity index (χ1) is 9.61. The van der Waals surface area contributed by atoms with Gasteiger partial charge in [0.2, 0.25) is 0 Å². The maximum atomic E-state index is 12.2. The molecule has 2 heterocycles. The van der Waals surface area contributed by atoms with Crippen molar-refractivity contribution in [2.75, 3.05) is 33.4 Å². The van der Waals surface area contributed by atoms with E-state index in [4.69, 9.17) is 4.74 Å². The highest BCUT2D eigenvalue weighted by molar-refractivity contribution is 5.12. The standard InChI is InChI=1S/C15H25N3O2/c1-12-13(2)16-11-18(15(12)19)10-14-4-6-17(7-5-14)8-9-20-3/h11,14H,4-10H2,1-3H3. The lowest BCUT2D eigenvalue weighted by Gasteiger charge is -2.31. The molecule has 1 aromatic heterocycles. The number of aryl methyl sites for hydroxylation is 1. The molecule has 112 valence electrons. The summed E-state index contributed by atoms with van der Waals surface area (Å²) < 4.78 is 6.89. The average Bonchev–Trinajstić information content (AvgIpc) is 2.47. The monoisotopic (exact) mass is 279 g/mol. The van der Waals surface area contributed by atoms with E-state index in [0.29, 0.717) is 5.92 Å². The van der Waals surface area contributed by atoms with Crippen LogP contribution in [-0.2, 0) is 11.3 Å². The minimum atomic E-state index is 0.110. The van der Waals surface area contributed by atoms with Crippen LogP contribution in [0.2, 0.25) is 0 Å². The van der Waals surface area contributed by atoms with E-state index in [1.165, 1.54) is 0 Å². The summed E-state index contributed by atoms with van der Waals surface area (Å²) in [5.74, 6) is 0.579. The van der Waals surface area contributed by atoms with Crippen LogP contribution >= 0.6 is 0 Å². The molecule has 0 N–H and O–H groups in total. The lowest BCUT2D eigenvalue weighted by molar-refractivity contribution is 0.116. The quantitative estimate of drug-likeness (QED) is 0.813. The Morgan fingerprint density at radius 3 is 2.70 bits per heavy atom. The predicted molar refractivity (Wildman–Crippen MR) is 79.0 cm³/mol. The van der Waals surface area contributed by atoms with Crippen molar-refractivity contribution < 1.29 is 4.74 Å². The van der Waals surface area contributed by atoms with Crippen molar-refractivity contribution >= 4 is 0 Å². The van der Waals surface area contributed by atoms with E-state index < -0.39 is 0 Å². The van der Waals surface area contributed by atoms with Gasteiger partial charge in [0.1, 0.15) is 0 Å². The summed E-state index contributed by atoms with van der Waals surface area (Å²) in [4.78, 5) is 18.9. The summed E-state index contributed by atoms with van der Waals surface area (Å²) in [5, 5.41) is 0. The van der Waals surface area contributed by atoms with Crippen molar-refractivity contribution in [3.63, 3.8) is 0 Å². The van der Waals surface area contributed by atoms with Gasteiger partial charge in [-0.2, -0.15) is 0 Å². The molecular formula is C15H25N3O2. The van der Waals surface area contributed by atoms with E-state index in [1.54, 1.807) is 18.0 Å². The molecule has 1 saturated heterocycles. The second kappa shape index (κ2) is 6.99. The number of piperidine rings is 1. The average molecular weight is 279 g/mol. The largest absolute Gasteiger partial charge is 0.383 e. The third kappa shape index (κ3) is 3.67. The van der Waals surface area contributed by atoms with Crippen LogP contribution in [-0.4, -0.2) is 47.8 Å². The lowest BCUT2D eigenvalue weighted by atomic mass is 9.96. The Morgan fingerprint density at radius 1 is 1.35 bits per heavy atom. The topological polar surface area (TPSA) is 47.4 Å². The summed E-state index contributed by atoms with van der Waals surface area (Å²) in [5.41, 5.74) is 1.71. The molecular weight excluding hydrogens is 254 g/mol. The fourth-order valence-corrected chi connectivity index (χ4v) is 2.70. The molecule has 0 radical (unpaired) electrons. The molecule has 0 atom stereocenters. The molecule has 0 unspecified atom stereocenters. The van der Waals surface area contributed by atoms with Crippen molar-refractivity contribution in [2.24, 2.45) is 5.92 Å². The smallest absolute Gasteiger partial charge is 0.256 e. The van der Waals surface area contributed by atoms with Crippen LogP contribution in [0.25, 0.3) is 0 Å². The Morgan fingerprint density at radius 2 is 2.05 bits per heavy atom. The number of nitrogens with zero attached hydrogens (tertiary/aromatic N) is 3. The van der Waals surface area contributed by atoms with Crippen molar-refractivity contribution in [2.45, 2.75) is 33.2 Å². The van der Waals surface area contributed by atoms with Gasteiger partial charge in [0.25, 0.3) is 5.56 Å². The molecule has 1 aromatic rings. The van der Waals surface area contributed by atoms with Gasteiger partial charge in [-0.25, -0.2) is 4.98 Å². The Kier molecular flexibility index (Phi) is 5.31. The molecule has 0 aliphatic carbocycles. The summed E-state index contributed by atoms with van der Waals surface area (Å²) in [6.07, 6.45) is 3.98. The summed E-state index contributed by atoms with van der Waals surface area (Å²) in [6, 6.07) is 0. The highest BCUT2D eigenvalue weighted by Crippen LogP contribution is 2.18. The molecule has 1 fully saturated rings. The first kappa shape index (κ1) is 15.2. The number of likely N-dealkylation sites (tertiary alicyclic amines) is 1. The SMILES string of the molecule is COCCN1CCC(Cn2cnc(C)c(C)c2=O)CC1. The van der Waals surface area contributed by atoms with Crippen LogP contribution in [0.15, 0.2) is 11.1 Å². The van der Waals surface area contributed by atoms with E-state index in [2.05, 4.69) is 9.88 Å². The molecule has 0 saturated carbocycles. The summed E-state index contributed by atoms with van der Waals surface area (Å²) in [6.45, 7) is 8.54. The number of aromatic nitrogens is 2. The Hall–Kier alpha value is -1.20. The molecule has 0 spiro atoms. The lowest BCUT2D eigenvalue weighted by Crippen LogP contribution is -2.38. The normalized spacial score (nSPS) is 17.6. The first-order valence-electron chi connectivity index (χ1n) is 7.35. The van der Waals surface area contributed by atoms with Gasteiger partial charge in [0, 0.05) is 31.5 Å². The van der Waals surface area contributed by atoms with E-state index >= 15 is 0 Å². The van der Waals surface area contributed by atoms with Crippen molar-refractivity contribution in [3.8, 4) is 0 Å². The maximum Gasteiger partial charge on any atom is 0.256 e. The van der Waals surface area contributed by atoms with Crippen LogP contribution in [0, 0.1) is 19.8 Å². The van der Waals surface area contributed by atoms with Crippen LogP contribution in [0.5, 0.6) is 0 Å².